The lowest BCUT2D eigenvalue weighted by atomic mass is 9.94. The summed E-state index contributed by atoms with van der Waals surface area (Å²) in [6, 6.07) is 0.210. The average Bonchev–Trinajstić information content (AvgIpc) is 2.59. The second-order valence-corrected chi connectivity index (χ2v) is 4.57. The van der Waals surface area contributed by atoms with E-state index >= 15 is 0 Å². The zero-order valence-electron chi connectivity index (χ0n) is 9.61. The van der Waals surface area contributed by atoms with E-state index in [1.807, 2.05) is 6.20 Å². The van der Waals surface area contributed by atoms with Gasteiger partial charge in [-0.05, 0) is 33.4 Å². The quantitative estimate of drug-likeness (QED) is 0.798. The van der Waals surface area contributed by atoms with Gasteiger partial charge in [-0.2, -0.15) is 5.10 Å². The summed E-state index contributed by atoms with van der Waals surface area (Å²) in [6.07, 6.45) is 5.39. The molecule has 2 rings (SSSR count). The first-order valence-corrected chi connectivity index (χ1v) is 5.63. The number of fused-ring (bicyclic) bond motifs is 1. The molecule has 2 N–H and O–H groups in total. The van der Waals surface area contributed by atoms with Crippen molar-refractivity contribution in [2.75, 3.05) is 20.6 Å². The van der Waals surface area contributed by atoms with Crippen LogP contribution in [0.2, 0.25) is 0 Å². The molecule has 15 heavy (non-hydrogen) atoms. The van der Waals surface area contributed by atoms with Crippen molar-refractivity contribution in [3.63, 3.8) is 0 Å². The first kappa shape index (κ1) is 10.6. The Bertz CT molecular complexity index is 329. The molecule has 0 bridgehead atoms. The van der Waals surface area contributed by atoms with Crippen LogP contribution >= 0.6 is 0 Å². The van der Waals surface area contributed by atoms with E-state index in [2.05, 4.69) is 28.8 Å². The summed E-state index contributed by atoms with van der Waals surface area (Å²) in [5.41, 5.74) is 8.67. The first-order valence-electron chi connectivity index (χ1n) is 5.63. The average molecular weight is 208 g/mol. The molecule has 0 fully saturated rings. The van der Waals surface area contributed by atoms with Crippen LogP contribution in [0.1, 0.15) is 30.1 Å². The van der Waals surface area contributed by atoms with E-state index in [0.717, 1.165) is 25.9 Å². The molecule has 1 aliphatic carbocycles. The number of hydrogen-bond acceptors (Lipinski definition) is 3. The number of aromatic nitrogens is 2. The minimum absolute atomic E-state index is 0.210. The summed E-state index contributed by atoms with van der Waals surface area (Å²) < 4.78 is 2.12. The molecular weight excluding hydrogens is 188 g/mol. The topological polar surface area (TPSA) is 47.1 Å². The van der Waals surface area contributed by atoms with Crippen LogP contribution in [0.15, 0.2) is 6.20 Å². The van der Waals surface area contributed by atoms with Gasteiger partial charge in [0.1, 0.15) is 0 Å². The van der Waals surface area contributed by atoms with Gasteiger partial charge in [-0.25, -0.2) is 0 Å². The van der Waals surface area contributed by atoms with Crippen LogP contribution in [0, 0.1) is 0 Å². The summed E-state index contributed by atoms with van der Waals surface area (Å²) >= 11 is 0. The third-order valence-corrected chi connectivity index (χ3v) is 3.07. The molecule has 4 nitrogen and oxygen atoms in total. The molecule has 0 radical (unpaired) electrons. The minimum atomic E-state index is 0.210. The molecular formula is C11H20N4. The van der Waals surface area contributed by atoms with Crippen LogP contribution in [-0.4, -0.2) is 35.3 Å². The monoisotopic (exact) mass is 208 g/mol. The number of hydrogen-bond donors (Lipinski definition) is 1. The Balaban J connectivity index is 2.12. The third-order valence-electron chi connectivity index (χ3n) is 3.07. The predicted octanol–water partition coefficient (Wildman–Crippen LogP) is 0.781. The van der Waals surface area contributed by atoms with Gasteiger partial charge in [0.15, 0.2) is 0 Å². The van der Waals surface area contributed by atoms with Crippen molar-refractivity contribution < 1.29 is 0 Å². The summed E-state index contributed by atoms with van der Waals surface area (Å²) in [5.74, 6) is 0. The molecule has 0 amide bonds. The highest BCUT2D eigenvalue weighted by Gasteiger charge is 2.20. The van der Waals surface area contributed by atoms with Gasteiger partial charge in [0.2, 0.25) is 0 Å². The van der Waals surface area contributed by atoms with Gasteiger partial charge in [-0.3, -0.25) is 4.68 Å². The van der Waals surface area contributed by atoms with Crippen molar-refractivity contribution in [3.8, 4) is 0 Å². The maximum Gasteiger partial charge on any atom is 0.0540 e. The van der Waals surface area contributed by atoms with E-state index in [1.165, 1.54) is 17.7 Å². The molecule has 1 aromatic heterocycles. The minimum Gasteiger partial charge on any atom is -0.324 e. The van der Waals surface area contributed by atoms with Crippen molar-refractivity contribution in [2.24, 2.45) is 5.73 Å². The van der Waals surface area contributed by atoms with E-state index < -0.39 is 0 Å². The van der Waals surface area contributed by atoms with Gasteiger partial charge in [-0.15, -0.1) is 0 Å². The molecule has 1 aliphatic rings. The van der Waals surface area contributed by atoms with Crippen LogP contribution in [0.3, 0.4) is 0 Å². The van der Waals surface area contributed by atoms with E-state index in [-0.39, 0.29) is 6.04 Å². The summed E-state index contributed by atoms with van der Waals surface area (Å²) in [6.45, 7) is 2.00. The van der Waals surface area contributed by atoms with Crippen molar-refractivity contribution in [2.45, 2.75) is 31.8 Å². The first-order chi connectivity index (χ1) is 7.18. The number of nitrogens with two attached hydrogens (primary N) is 1. The molecule has 0 saturated carbocycles. The lowest BCUT2D eigenvalue weighted by molar-refractivity contribution is 0.367. The lowest BCUT2D eigenvalue weighted by Gasteiger charge is -2.20. The second kappa shape index (κ2) is 4.33. The summed E-state index contributed by atoms with van der Waals surface area (Å²) in [5, 5.41) is 4.43. The fraction of sp³-hybridized carbons (Fsp3) is 0.727. The fourth-order valence-electron chi connectivity index (χ4n) is 2.14. The zero-order chi connectivity index (χ0) is 10.8. The van der Waals surface area contributed by atoms with Crippen LogP contribution < -0.4 is 5.73 Å². The highest BCUT2D eigenvalue weighted by molar-refractivity contribution is 5.24. The van der Waals surface area contributed by atoms with Gasteiger partial charge < -0.3 is 10.6 Å². The van der Waals surface area contributed by atoms with Crippen molar-refractivity contribution in [1.82, 2.24) is 14.7 Å². The lowest BCUT2D eigenvalue weighted by Crippen LogP contribution is -2.22. The van der Waals surface area contributed by atoms with Crippen molar-refractivity contribution in [1.29, 1.82) is 0 Å². The Labute approximate surface area is 91.1 Å². The van der Waals surface area contributed by atoms with Crippen LogP contribution in [0.5, 0.6) is 0 Å². The fourth-order valence-corrected chi connectivity index (χ4v) is 2.14. The largest absolute Gasteiger partial charge is 0.324 e. The van der Waals surface area contributed by atoms with E-state index in [9.17, 15) is 0 Å². The molecule has 1 aromatic rings. The van der Waals surface area contributed by atoms with E-state index in [0.29, 0.717) is 0 Å². The molecule has 84 valence electrons. The second-order valence-electron chi connectivity index (χ2n) is 4.57. The van der Waals surface area contributed by atoms with Gasteiger partial charge in [-0.1, -0.05) is 0 Å². The Morgan fingerprint density at radius 1 is 1.60 bits per heavy atom. The Morgan fingerprint density at radius 2 is 2.40 bits per heavy atom. The van der Waals surface area contributed by atoms with Gasteiger partial charge >= 0.3 is 0 Å². The van der Waals surface area contributed by atoms with E-state index in [4.69, 9.17) is 5.73 Å². The predicted molar refractivity (Wildman–Crippen MR) is 60.6 cm³/mol. The normalized spacial score (nSPS) is 20.7. The summed E-state index contributed by atoms with van der Waals surface area (Å²) in [4.78, 5) is 2.18. The van der Waals surface area contributed by atoms with Crippen LogP contribution in [0.25, 0.3) is 0 Å². The number of nitrogens with zero attached hydrogens (tertiary/aromatic N) is 3. The molecule has 1 heterocycles. The van der Waals surface area contributed by atoms with Crippen LogP contribution in [0.4, 0.5) is 0 Å². The van der Waals surface area contributed by atoms with Gasteiger partial charge in [0, 0.05) is 23.8 Å². The van der Waals surface area contributed by atoms with Gasteiger partial charge in [0.05, 0.1) is 12.7 Å². The molecule has 0 spiro atoms. The standard InChI is InChI=1S/C11H20N4/c1-14(2)6-7-15-11-5-3-4-10(12)9(11)8-13-15/h8,10H,3-7,12H2,1-2H3. The van der Waals surface area contributed by atoms with Crippen LogP contribution in [-0.2, 0) is 13.0 Å². The highest BCUT2D eigenvalue weighted by atomic mass is 15.3. The Morgan fingerprint density at radius 3 is 3.13 bits per heavy atom. The maximum absolute atomic E-state index is 6.05. The van der Waals surface area contributed by atoms with Crippen molar-refractivity contribution >= 4 is 0 Å². The smallest absolute Gasteiger partial charge is 0.0540 e. The molecule has 1 unspecified atom stereocenters. The van der Waals surface area contributed by atoms with Crippen molar-refractivity contribution in [3.05, 3.63) is 17.5 Å². The van der Waals surface area contributed by atoms with E-state index in [1.54, 1.807) is 0 Å². The maximum atomic E-state index is 6.05. The molecule has 0 aromatic carbocycles. The number of likely N-dealkylation sites (N-methyl/N-ethyl adjacent to an activating group) is 1. The SMILES string of the molecule is CN(C)CCn1ncc2c1CCCC2N. The third kappa shape index (κ3) is 2.21. The summed E-state index contributed by atoms with van der Waals surface area (Å²) in [7, 11) is 4.17. The van der Waals surface area contributed by atoms with Gasteiger partial charge in [0.25, 0.3) is 0 Å². The Hall–Kier alpha value is -0.870. The Kier molecular flexibility index (Phi) is 3.07. The molecule has 4 heteroatoms. The molecule has 1 atom stereocenters. The molecule has 0 saturated heterocycles. The number of rotatable bonds is 3. The zero-order valence-corrected chi connectivity index (χ0v) is 9.61. The highest BCUT2D eigenvalue weighted by Crippen LogP contribution is 2.27. The molecule has 0 aliphatic heterocycles.